The monoisotopic (exact) mass is 190 g/mol. The maximum atomic E-state index is 5.56. The van der Waals surface area contributed by atoms with Gasteiger partial charge < -0.3 is 10.6 Å². The van der Waals surface area contributed by atoms with Gasteiger partial charge in [0, 0.05) is 18.8 Å². The molecule has 1 aromatic rings. The average Bonchev–Trinajstić information content (AvgIpc) is 2.60. The Labute approximate surface area is 85.7 Å². The molecule has 0 aliphatic carbocycles. The van der Waals surface area contributed by atoms with Gasteiger partial charge in [0.25, 0.3) is 0 Å². The summed E-state index contributed by atoms with van der Waals surface area (Å²) in [6, 6.07) is 6.78. The van der Waals surface area contributed by atoms with E-state index in [1.807, 2.05) is 0 Å². The van der Waals surface area contributed by atoms with E-state index in [0.717, 1.165) is 19.5 Å². The third-order valence-corrected chi connectivity index (χ3v) is 2.96. The van der Waals surface area contributed by atoms with Crippen molar-refractivity contribution in [3.8, 4) is 0 Å². The summed E-state index contributed by atoms with van der Waals surface area (Å²) in [7, 11) is 0. The van der Waals surface area contributed by atoms with Crippen molar-refractivity contribution < 1.29 is 0 Å². The molecular weight excluding hydrogens is 172 g/mol. The average molecular weight is 190 g/mol. The van der Waals surface area contributed by atoms with Crippen molar-refractivity contribution in [3.05, 3.63) is 29.3 Å². The van der Waals surface area contributed by atoms with Crippen LogP contribution in [-0.4, -0.2) is 19.6 Å². The molecule has 0 bridgehead atoms. The summed E-state index contributed by atoms with van der Waals surface area (Å²) in [5.41, 5.74) is 9.85. The number of hydrogen-bond donors (Lipinski definition) is 1. The maximum Gasteiger partial charge on any atom is 0.0402 e. The highest BCUT2D eigenvalue weighted by Gasteiger charge is 2.17. The summed E-state index contributed by atoms with van der Waals surface area (Å²) >= 11 is 0. The lowest BCUT2D eigenvalue weighted by molar-refractivity contribution is 0.867. The quantitative estimate of drug-likeness (QED) is 0.784. The molecule has 2 N–H and O–H groups in total. The molecule has 0 saturated heterocycles. The Hall–Kier alpha value is -1.02. The first-order valence-corrected chi connectivity index (χ1v) is 5.42. The van der Waals surface area contributed by atoms with Crippen LogP contribution in [0.3, 0.4) is 0 Å². The molecule has 1 aliphatic heterocycles. The summed E-state index contributed by atoms with van der Waals surface area (Å²) in [6.45, 7) is 5.24. The van der Waals surface area contributed by atoms with E-state index in [9.17, 15) is 0 Å². The van der Waals surface area contributed by atoms with Crippen LogP contribution in [0.25, 0.3) is 0 Å². The minimum absolute atomic E-state index is 0.741. The Kier molecular flexibility index (Phi) is 2.73. The van der Waals surface area contributed by atoms with Gasteiger partial charge in [0.2, 0.25) is 0 Å². The number of likely N-dealkylation sites (N-methyl/N-ethyl adjacent to an activating group) is 1. The fraction of sp³-hybridized carbons (Fsp3) is 0.500. The van der Waals surface area contributed by atoms with E-state index >= 15 is 0 Å². The lowest BCUT2D eigenvalue weighted by Crippen LogP contribution is -2.19. The van der Waals surface area contributed by atoms with Crippen molar-refractivity contribution in [1.29, 1.82) is 0 Å². The zero-order valence-corrected chi connectivity index (χ0v) is 8.79. The molecule has 76 valence electrons. The van der Waals surface area contributed by atoms with E-state index < -0.39 is 0 Å². The molecule has 0 fully saturated rings. The first kappa shape index (κ1) is 9.53. The number of benzene rings is 1. The summed E-state index contributed by atoms with van der Waals surface area (Å²) in [5.74, 6) is 0. The van der Waals surface area contributed by atoms with Crippen LogP contribution in [0.5, 0.6) is 0 Å². The number of nitrogens with two attached hydrogens (primary N) is 1. The minimum atomic E-state index is 0.741. The molecule has 0 amide bonds. The van der Waals surface area contributed by atoms with Gasteiger partial charge in [0.1, 0.15) is 0 Å². The highest BCUT2D eigenvalue weighted by Crippen LogP contribution is 2.28. The zero-order chi connectivity index (χ0) is 9.97. The molecular formula is C12H18N2. The van der Waals surface area contributed by atoms with E-state index in [4.69, 9.17) is 5.73 Å². The number of fused-ring (bicyclic) bond motifs is 1. The van der Waals surface area contributed by atoms with Crippen molar-refractivity contribution in [2.24, 2.45) is 5.73 Å². The van der Waals surface area contributed by atoms with E-state index in [-0.39, 0.29) is 0 Å². The first-order valence-electron chi connectivity index (χ1n) is 5.42. The fourth-order valence-corrected chi connectivity index (χ4v) is 2.14. The van der Waals surface area contributed by atoms with Crippen molar-refractivity contribution in [3.63, 3.8) is 0 Å². The van der Waals surface area contributed by atoms with Gasteiger partial charge >= 0.3 is 0 Å². The largest absolute Gasteiger partial charge is 0.371 e. The second-order valence-electron chi connectivity index (χ2n) is 3.83. The second kappa shape index (κ2) is 4.01. The zero-order valence-electron chi connectivity index (χ0n) is 8.79. The molecule has 1 aliphatic rings. The van der Waals surface area contributed by atoms with Crippen LogP contribution in [0.2, 0.25) is 0 Å². The van der Waals surface area contributed by atoms with Crippen molar-refractivity contribution in [2.45, 2.75) is 19.8 Å². The van der Waals surface area contributed by atoms with Crippen molar-refractivity contribution in [2.75, 3.05) is 24.5 Å². The van der Waals surface area contributed by atoms with E-state index in [1.165, 1.54) is 29.8 Å². The molecule has 0 spiro atoms. The summed E-state index contributed by atoms with van der Waals surface area (Å²) in [5, 5.41) is 0. The molecule has 1 aromatic carbocycles. The van der Waals surface area contributed by atoms with Gasteiger partial charge in [-0.25, -0.2) is 0 Å². The normalized spacial score (nSPS) is 14.6. The number of nitrogens with zero attached hydrogens (tertiary/aromatic N) is 1. The van der Waals surface area contributed by atoms with Gasteiger partial charge in [0.15, 0.2) is 0 Å². The predicted molar refractivity (Wildman–Crippen MR) is 60.8 cm³/mol. The molecule has 0 unspecified atom stereocenters. The molecule has 0 atom stereocenters. The van der Waals surface area contributed by atoms with Crippen LogP contribution < -0.4 is 10.6 Å². The predicted octanol–water partition coefficient (Wildman–Crippen LogP) is 1.57. The number of hydrogen-bond acceptors (Lipinski definition) is 2. The molecule has 14 heavy (non-hydrogen) atoms. The lowest BCUT2D eigenvalue weighted by atomic mass is 10.1. The third kappa shape index (κ3) is 1.62. The summed E-state index contributed by atoms with van der Waals surface area (Å²) in [6.07, 6.45) is 2.19. The summed E-state index contributed by atoms with van der Waals surface area (Å²) in [4.78, 5) is 2.44. The van der Waals surface area contributed by atoms with Crippen molar-refractivity contribution >= 4 is 5.69 Å². The lowest BCUT2D eigenvalue weighted by Gasteiger charge is -2.17. The van der Waals surface area contributed by atoms with Gasteiger partial charge in [0.05, 0.1) is 0 Å². The fourth-order valence-electron chi connectivity index (χ4n) is 2.14. The topological polar surface area (TPSA) is 29.3 Å². The molecule has 0 saturated carbocycles. The third-order valence-electron chi connectivity index (χ3n) is 2.96. The maximum absolute atomic E-state index is 5.56. The molecule has 0 radical (unpaired) electrons. The Balaban J connectivity index is 2.28. The van der Waals surface area contributed by atoms with Gasteiger partial charge in [-0.2, -0.15) is 0 Å². The molecule has 2 nitrogen and oxygen atoms in total. The van der Waals surface area contributed by atoms with Gasteiger partial charge in [-0.3, -0.25) is 0 Å². The van der Waals surface area contributed by atoms with Gasteiger partial charge in [-0.15, -0.1) is 0 Å². The Morgan fingerprint density at radius 1 is 1.43 bits per heavy atom. The van der Waals surface area contributed by atoms with Gasteiger partial charge in [-0.1, -0.05) is 12.1 Å². The molecule has 1 heterocycles. The minimum Gasteiger partial charge on any atom is -0.371 e. The standard InChI is InChI=1S/C12H18N2/c1-2-14-8-6-11-4-3-10(5-7-13)9-12(11)14/h3-4,9H,2,5-8,13H2,1H3. The van der Waals surface area contributed by atoms with Crippen LogP contribution in [0.1, 0.15) is 18.1 Å². The van der Waals surface area contributed by atoms with E-state index in [0.29, 0.717) is 0 Å². The molecule has 2 rings (SSSR count). The first-order chi connectivity index (χ1) is 6.85. The Morgan fingerprint density at radius 3 is 3.00 bits per heavy atom. The van der Waals surface area contributed by atoms with Crippen LogP contribution >= 0.6 is 0 Å². The second-order valence-corrected chi connectivity index (χ2v) is 3.83. The molecule has 2 heteroatoms. The van der Waals surface area contributed by atoms with E-state index in [1.54, 1.807) is 0 Å². The number of rotatable bonds is 3. The highest BCUT2D eigenvalue weighted by atomic mass is 15.1. The Morgan fingerprint density at radius 2 is 2.29 bits per heavy atom. The van der Waals surface area contributed by atoms with Crippen LogP contribution in [-0.2, 0) is 12.8 Å². The van der Waals surface area contributed by atoms with Crippen LogP contribution in [0.4, 0.5) is 5.69 Å². The molecule has 0 aromatic heterocycles. The summed E-state index contributed by atoms with van der Waals surface area (Å²) < 4.78 is 0. The van der Waals surface area contributed by atoms with Crippen LogP contribution in [0.15, 0.2) is 18.2 Å². The van der Waals surface area contributed by atoms with Gasteiger partial charge in [-0.05, 0) is 43.5 Å². The smallest absolute Gasteiger partial charge is 0.0402 e. The van der Waals surface area contributed by atoms with Crippen molar-refractivity contribution in [1.82, 2.24) is 0 Å². The Bertz CT molecular complexity index is 320. The van der Waals surface area contributed by atoms with Crippen LogP contribution in [0, 0.1) is 0 Å². The highest BCUT2D eigenvalue weighted by molar-refractivity contribution is 5.59. The van der Waals surface area contributed by atoms with E-state index in [2.05, 4.69) is 30.0 Å². The SMILES string of the molecule is CCN1CCc2ccc(CCN)cc21. The number of anilines is 1.